The maximum absolute atomic E-state index is 12.0. The normalized spacial score (nSPS) is 38.2. The fraction of sp³-hybridized carbons (Fsp3) is 0.875. The minimum atomic E-state index is -0.733. The second-order valence-corrected chi connectivity index (χ2v) is 7.19. The van der Waals surface area contributed by atoms with E-state index in [0.29, 0.717) is 12.3 Å². The van der Waals surface area contributed by atoms with Gasteiger partial charge in [0, 0.05) is 12.6 Å². The molecule has 3 saturated carbocycles. The number of rotatable bonds is 4. The lowest BCUT2D eigenvalue weighted by molar-refractivity contribution is -0.143. The number of nitrogens with one attached hydrogen (secondary N) is 2. The van der Waals surface area contributed by atoms with Crippen LogP contribution in [0.25, 0.3) is 0 Å². The van der Waals surface area contributed by atoms with Crippen molar-refractivity contribution in [3.8, 4) is 0 Å². The van der Waals surface area contributed by atoms with Gasteiger partial charge < -0.3 is 15.7 Å². The molecule has 2 bridgehead atoms. The van der Waals surface area contributed by atoms with Crippen molar-refractivity contribution in [1.29, 1.82) is 0 Å². The van der Waals surface area contributed by atoms with Gasteiger partial charge in [-0.15, -0.1) is 0 Å². The molecular formula is C16H26N2O3. The van der Waals surface area contributed by atoms with Gasteiger partial charge in [-0.3, -0.25) is 4.79 Å². The van der Waals surface area contributed by atoms with E-state index in [4.69, 9.17) is 5.11 Å². The largest absolute Gasteiger partial charge is 0.481 e. The van der Waals surface area contributed by atoms with Gasteiger partial charge in [-0.2, -0.15) is 0 Å². The number of carbonyl (C=O) groups is 2. The zero-order valence-corrected chi connectivity index (χ0v) is 12.5. The molecule has 0 aromatic heterocycles. The highest BCUT2D eigenvalue weighted by molar-refractivity contribution is 5.74. The fourth-order valence-corrected chi connectivity index (χ4v) is 4.63. The zero-order chi connectivity index (χ0) is 14.8. The van der Waals surface area contributed by atoms with E-state index in [1.54, 1.807) is 0 Å². The van der Waals surface area contributed by atoms with Crippen LogP contribution in [0.4, 0.5) is 4.79 Å². The number of carbonyl (C=O) groups excluding carboxylic acids is 1. The topological polar surface area (TPSA) is 78.4 Å². The van der Waals surface area contributed by atoms with E-state index in [0.717, 1.165) is 37.6 Å². The van der Waals surface area contributed by atoms with Crippen molar-refractivity contribution < 1.29 is 14.7 Å². The van der Waals surface area contributed by atoms with Crippen molar-refractivity contribution >= 4 is 12.0 Å². The molecule has 3 N–H and O–H groups in total. The van der Waals surface area contributed by atoms with Gasteiger partial charge in [0.2, 0.25) is 0 Å². The Hall–Kier alpha value is -1.26. The molecule has 0 heterocycles. The highest BCUT2D eigenvalue weighted by Gasteiger charge is 2.39. The lowest BCUT2D eigenvalue weighted by atomic mass is 9.86. The Labute approximate surface area is 125 Å². The van der Waals surface area contributed by atoms with Crippen molar-refractivity contribution in [2.45, 2.75) is 57.4 Å². The van der Waals surface area contributed by atoms with Gasteiger partial charge >= 0.3 is 12.0 Å². The van der Waals surface area contributed by atoms with Gasteiger partial charge in [-0.25, -0.2) is 4.79 Å². The third kappa shape index (κ3) is 3.50. The summed E-state index contributed by atoms with van der Waals surface area (Å²) in [7, 11) is 0. The Kier molecular flexibility index (Phi) is 4.36. The number of hydrogen-bond acceptors (Lipinski definition) is 2. The van der Waals surface area contributed by atoms with Crippen molar-refractivity contribution in [3.63, 3.8) is 0 Å². The first-order valence-corrected chi connectivity index (χ1v) is 8.39. The summed E-state index contributed by atoms with van der Waals surface area (Å²) in [6.07, 6.45) is 8.43. The van der Waals surface area contributed by atoms with Crippen LogP contribution in [0, 0.1) is 23.7 Å². The summed E-state index contributed by atoms with van der Waals surface area (Å²) >= 11 is 0. The zero-order valence-electron chi connectivity index (χ0n) is 12.5. The molecule has 0 aliphatic heterocycles. The molecule has 5 atom stereocenters. The number of aliphatic carboxylic acids is 1. The number of urea groups is 1. The molecule has 5 nitrogen and oxygen atoms in total. The van der Waals surface area contributed by atoms with E-state index in [9.17, 15) is 9.59 Å². The van der Waals surface area contributed by atoms with E-state index in [-0.39, 0.29) is 18.0 Å². The standard InChI is InChI=1S/C16H26N2O3/c19-15(20)12-2-1-3-14(8-12)18-16(21)17-9-13-7-10-4-5-11(13)6-10/h10-14H,1-9H2,(H,19,20)(H2,17,18,21). The Morgan fingerprint density at radius 3 is 2.57 bits per heavy atom. The Morgan fingerprint density at radius 2 is 1.90 bits per heavy atom. The smallest absolute Gasteiger partial charge is 0.315 e. The molecule has 5 heteroatoms. The van der Waals surface area contributed by atoms with Crippen LogP contribution in [-0.4, -0.2) is 29.7 Å². The number of carboxylic acid groups (broad SMARTS) is 1. The number of amides is 2. The molecule has 0 saturated heterocycles. The molecule has 0 aromatic rings. The van der Waals surface area contributed by atoms with E-state index in [2.05, 4.69) is 10.6 Å². The van der Waals surface area contributed by atoms with Gasteiger partial charge in [0.25, 0.3) is 0 Å². The third-order valence-electron chi connectivity index (χ3n) is 5.77. The van der Waals surface area contributed by atoms with Gasteiger partial charge in [0.15, 0.2) is 0 Å². The minimum Gasteiger partial charge on any atom is -0.481 e. The first kappa shape index (κ1) is 14.7. The molecule has 3 rings (SSSR count). The summed E-state index contributed by atoms with van der Waals surface area (Å²) < 4.78 is 0. The predicted molar refractivity (Wildman–Crippen MR) is 78.9 cm³/mol. The van der Waals surface area contributed by atoms with Crippen LogP contribution >= 0.6 is 0 Å². The SMILES string of the molecule is O=C(NCC1CC2CCC1C2)NC1CCCC(C(=O)O)C1. The van der Waals surface area contributed by atoms with Crippen molar-refractivity contribution in [2.75, 3.05) is 6.54 Å². The molecule has 0 spiro atoms. The number of fused-ring (bicyclic) bond motifs is 2. The first-order valence-electron chi connectivity index (χ1n) is 8.39. The molecule has 21 heavy (non-hydrogen) atoms. The summed E-state index contributed by atoms with van der Waals surface area (Å²) in [6.45, 7) is 0.780. The lowest BCUT2D eigenvalue weighted by Gasteiger charge is -2.28. The van der Waals surface area contributed by atoms with Crippen molar-refractivity contribution in [1.82, 2.24) is 10.6 Å². The summed E-state index contributed by atoms with van der Waals surface area (Å²) in [5, 5.41) is 15.0. The van der Waals surface area contributed by atoms with E-state index >= 15 is 0 Å². The summed E-state index contributed by atoms with van der Waals surface area (Å²) in [5.74, 6) is 1.35. The molecule has 3 fully saturated rings. The third-order valence-corrected chi connectivity index (χ3v) is 5.77. The fourth-order valence-electron chi connectivity index (χ4n) is 4.63. The maximum Gasteiger partial charge on any atom is 0.315 e. The van der Waals surface area contributed by atoms with Crippen LogP contribution in [0.3, 0.4) is 0 Å². The summed E-state index contributed by atoms with van der Waals surface area (Å²) in [6, 6.07) is -0.103. The number of hydrogen-bond donors (Lipinski definition) is 3. The Morgan fingerprint density at radius 1 is 1.05 bits per heavy atom. The van der Waals surface area contributed by atoms with Crippen LogP contribution in [0.5, 0.6) is 0 Å². The Balaban J connectivity index is 1.39. The van der Waals surface area contributed by atoms with E-state index < -0.39 is 5.97 Å². The van der Waals surface area contributed by atoms with Crippen molar-refractivity contribution in [2.24, 2.45) is 23.7 Å². The maximum atomic E-state index is 12.0. The molecule has 5 unspecified atom stereocenters. The molecule has 0 radical (unpaired) electrons. The molecule has 118 valence electrons. The summed E-state index contributed by atoms with van der Waals surface area (Å²) in [4.78, 5) is 23.0. The van der Waals surface area contributed by atoms with Gasteiger partial charge in [0.1, 0.15) is 0 Å². The second-order valence-electron chi connectivity index (χ2n) is 7.19. The van der Waals surface area contributed by atoms with Crippen LogP contribution in [0.15, 0.2) is 0 Å². The van der Waals surface area contributed by atoms with Crippen LogP contribution < -0.4 is 10.6 Å². The monoisotopic (exact) mass is 294 g/mol. The minimum absolute atomic E-state index is 0.0138. The van der Waals surface area contributed by atoms with Gasteiger partial charge in [0.05, 0.1) is 5.92 Å². The van der Waals surface area contributed by atoms with Crippen LogP contribution in [0.2, 0.25) is 0 Å². The van der Waals surface area contributed by atoms with Crippen LogP contribution in [0.1, 0.15) is 51.4 Å². The number of carboxylic acids is 1. The lowest BCUT2D eigenvalue weighted by Crippen LogP contribution is -2.46. The second kappa shape index (κ2) is 6.24. The summed E-state index contributed by atoms with van der Waals surface area (Å²) in [5.41, 5.74) is 0. The quantitative estimate of drug-likeness (QED) is 0.745. The molecule has 3 aliphatic rings. The molecule has 2 amide bonds. The molecule has 0 aromatic carbocycles. The van der Waals surface area contributed by atoms with E-state index in [1.165, 1.54) is 25.7 Å². The first-order chi connectivity index (χ1) is 10.1. The average Bonchev–Trinajstić information content (AvgIpc) is 3.08. The van der Waals surface area contributed by atoms with E-state index in [1.807, 2.05) is 0 Å². The molecular weight excluding hydrogens is 268 g/mol. The predicted octanol–water partition coefficient (Wildman–Crippen LogP) is 2.37. The molecule has 3 aliphatic carbocycles. The highest BCUT2D eigenvalue weighted by Crippen LogP contribution is 2.47. The highest BCUT2D eigenvalue weighted by atomic mass is 16.4. The van der Waals surface area contributed by atoms with Crippen molar-refractivity contribution in [3.05, 3.63) is 0 Å². The Bertz CT molecular complexity index is 412. The van der Waals surface area contributed by atoms with Gasteiger partial charge in [-0.1, -0.05) is 12.8 Å². The average molecular weight is 294 g/mol. The van der Waals surface area contributed by atoms with Crippen LogP contribution in [-0.2, 0) is 4.79 Å². The van der Waals surface area contributed by atoms with Gasteiger partial charge in [-0.05, 0) is 56.3 Å².